The highest BCUT2D eigenvalue weighted by molar-refractivity contribution is 8.93. The van der Waals surface area contributed by atoms with Gasteiger partial charge in [0.2, 0.25) is 0 Å². The first-order valence-electron chi connectivity index (χ1n) is 13.5. The van der Waals surface area contributed by atoms with E-state index in [4.69, 9.17) is 56.4 Å². The Bertz CT molecular complexity index is 963. The largest absolute Gasteiger partial charge is 0.341 e. The van der Waals surface area contributed by atoms with Crippen LogP contribution in [-0.4, -0.2) is 83.2 Å². The van der Waals surface area contributed by atoms with E-state index in [2.05, 4.69) is 48.4 Å². The van der Waals surface area contributed by atoms with E-state index < -0.39 is 14.2 Å². The Morgan fingerprint density at radius 3 is 1.94 bits per heavy atom. The zero-order valence-corrected chi connectivity index (χ0v) is 27.2. The third kappa shape index (κ3) is 5.42. The molecule has 5 heterocycles. The molecule has 5 fully saturated rings. The van der Waals surface area contributed by atoms with Crippen molar-refractivity contribution in [2.45, 2.75) is 112 Å². The molecule has 0 aromatic heterocycles. The summed E-state index contributed by atoms with van der Waals surface area (Å²) < 4.78 is 0. The molecule has 5 saturated heterocycles. The van der Waals surface area contributed by atoms with Crippen molar-refractivity contribution >= 4 is 70.6 Å². The van der Waals surface area contributed by atoms with E-state index in [1.54, 1.807) is 0 Å². The van der Waals surface area contributed by atoms with Gasteiger partial charge in [-0.15, -0.1) is 11.7 Å². The number of hydrogen-bond acceptors (Lipinski definition) is 9. The lowest BCUT2D eigenvalue weighted by Gasteiger charge is -2.43. The van der Waals surface area contributed by atoms with Crippen LogP contribution in [0, 0.1) is 17.8 Å². The van der Waals surface area contributed by atoms with E-state index in [1.165, 1.54) is 32.1 Å². The van der Waals surface area contributed by atoms with Gasteiger partial charge in [0.1, 0.15) is 0 Å². The molecule has 0 amide bonds. The van der Waals surface area contributed by atoms with Gasteiger partial charge in [0.15, 0.2) is 0 Å². The first-order valence-corrected chi connectivity index (χ1v) is 21.2. The lowest BCUT2D eigenvalue weighted by Crippen LogP contribution is -2.56. The Labute approximate surface area is 239 Å². The van der Waals surface area contributed by atoms with Crippen LogP contribution in [0.1, 0.15) is 58.8 Å². The monoisotopic (exact) mass is 611 g/mol. The molecule has 35 heavy (non-hydrogen) atoms. The Balaban J connectivity index is 1.53. The van der Waals surface area contributed by atoms with E-state index in [-0.39, 0.29) is 5.25 Å². The molecule has 5 aliphatic rings. The van der Waals surface area contributed by atoms with Gasteiger partial charge in [-0.25, -0.2) is 0 Å². The third-order valence-corrected chi connectivity index (χ3v) is 16.4. The highest BCUT2D eigenvalue weighted by Crippen LogP contribution is 2.42. The highest BCUT2D eigenvalue weighted by Gasteiger charge is 2.50. The summed E-state index contributed by atoms with van der Waals surface area (Å²) in [6.45, 7) is 6.10. The van der Waals surface area contributed by atoms with Gasteiger partial charge < -0.3 is 28.4 Å². The summed E-state index contributed by atoms with van der Waals surface area (Å²) in [4.78, 5) is 5.20. The molecule has 0 aromatic rings. The van der Waals surface area contributed by atoms with Gasteiger partial charge in [-0.3, -0.25) is 22.4 Å². The molecule has 202 valence electrons. The van der Waals surface area contributed by atoms with Crippen LogP contribution in [0.25, 0.3) is 0 Å². The van der Waals surface area contributed by atoms with Crippen molar-refractivity contribution in [3.05, 3.63) is 0 Å². The predicted octanol–water partition coefficient (Wildman–Crippen LogP) is 2.50. The molecule has 12 atom stereocenters. The van der Waals surface area contributed by atoms with Crippen LogP contribution in [0.15, 0.2) is 0 Å². The number of hydrogen-bond donors (Lipinski definition) is 3. The fourth-order valence-electron chi connectivity index (χ4n) is 8.52. The number of fused-ring (bicyclic) bond motifs is 8. The van der Waals surface area contributed by atoms with Crippen molar-refractivity contribution in [1.29, 1.82) is 0 Å². The fraction of sp³-hybridized carbons (Fsp3) is 1.00. The lowest BCUT2D eigenvalue weighted by atomic mass is 9.84. The van der Waals surface area contributed by atoms with Crippen LogP contribution in [0.5, 0.6) is 0 Å². The number of rotatable bonds is 2. The van der Waals surface area contributed by atoms with Crippen molar-refractivity contribution in [1.82, 2.24) is 20.4 Å². The van der Waals surface area contributed by atoms with Crippen molar-refractivity contribution in [2.75, 3.05) is 20.6 Å². The van der Waals surface area contributed by atoms with Crippen LogP contribution >= 0.6 is 11.7 Å². The molecule has 5 rings (SSSR count). The number of thiol groups is 1. The zero-order chi connectivity index (χ0) is 25.2. The maximum atomic E-state index is 6.04. The van der Waals surface area contributed by atoms with Gasteiger partial charge in [0, 0.05) is 36.8 Å². The smallest absolute Gasteiger partial charge is 0.0534 e. The van der Waals surface area contributed by atoms with E-state index in [0.29, 0.717) is 65.3 Å². The molecule has 0 aliphatic carbocycles. The Kier molecular flexibility index (Phi) is 8.88. The molecule has 8 bridgehead atoms. The van der Waals surface area contributed by atoms with Gasteiger partial charge in [0.05, 0.1) is 5.25 Å². The topological polar surface area (TPSA) is 30.5 Å². The summed E-state index contributed by atoms with van der Waals surface area (Å²) >= 11 is 28.8. The van der Waals surface area contributed by atoms with E-state index >= 15 is 0 Å². The molecule has 11 heteroatoms. The SMILES string of the molecule is CC1C2CC(C(S(=S)(=S)S)C3CCC(C([S-](=S)=S)C4CCC(N4)C(C)C4CCC1N4)N3C)N(C)C2. The maximum Gasteiger partial charge on any atom is 0.0534 e. The number of nitrogens with zero attached hydrogens (tertiary/aromatic N) is 2. The summed E-state index contributed by atoms with van der Waals surface area (Å²) in [6.07, 6.45) is 6.63. The Hall–Kier alpha value is 1.77. The van der Waals surface area contributed by atoms with E-state index in [1.807, 2.05) is 0 Å². The van der Waals surface area contributed by atoms with Crippen LogP contribution in [0.4, 0.5) is 0 Å². The lowest BCUT2D eigenvalue weighted by molar-refractivity contribution is 0.186. The second-order valence-corrected chi connectivity index (χ2v) is 24.6. The average molecular weight is 612 g/mol. The van der Waals surface area contributed by atoms with Crippen molar-refractivity contribution in [3.8, 4) is 0 Å². The fourth-order valence-corrected chi connectivity index (χ4v) is 15.0. The summed E-state index contributed by atoms with van der Waals surface area (Å²) in [7, 11) is 4.14. The molecule has 0 saturated carbocycles. The number of likely N-dealkylation sites (tertiary alicyclic amines) is 1. The van der Waals surface area contributed by atoms with Crippen molar-refractivity contribution in [2.24, 2.45) is 17.8 Å². The average Bonchev–Trinajstić information content (AvgIpc) is 3.56. The summed E-state index contributed by atoms with van der Waals surface area (Å²) in [5.74, 6) is 1.98. The van der Waals surface area contributed by atoms with Crippen molar-refractivity contribution in [3.63, 3.8) is 0 Å². The molecule has 0 spiro atoms. The van der Waals surface area contributed by atoms with Gasteiger partial charge in [-0.05, 0) is 117 Å². The molecule has 0 radical (unpaired) electrons. The first-order chi connectivity index (χ1) is 16.5. The second kappa shape index (κ2) is 11.0. The van der Waals surface area contributed by atoms with Gasteiger partial charge in [0.25, 0.3) is 0 Å². The van der Waals surface area contributed by atoms with E-state index in [0.717, 1.165) is 19.4 Å². The van der Waals surface area contributed by atoms with Crippen LogP contribution in [-0.2, 0) is 58.9 Å². The summed E-state index contributed by atoms with van der Waals surface area (Å²) in [6, 6.07) is 3.40. The highest BCUT2D eigenvalue weighted by atomic mass is 33.5. The normalized spacial score (nSPS) is 49.8. The number of nitrogens with one attached hydrogen (secondary N) is 2. The van der Waals surface area contributed by atoms with Crippen LogP contribution < -0.4 is 10.6 Å². The quantitative estimate of drug-likeness (QED) is 0.250. The predicted molar refractivity (Wildman–Crippen MR) is 168 cm³/mol. The zero-order valence-electron chi connectivity index (χ0n) is 21.4. The minimum absolute atomic E-state index is 0.243. The van der Waals surface area contributed by atoms with Crippen molar-refractivity contribution < 1.29 is 0 Å². The molecular weight excluding hydrogens is 569 g/mol. The molecule has 2 N–H and O–H groups in total. The van der Waals surface area contributed by atoms with E-state index in [9.17, 15) is 0 Å². The molecule has 4 nitrogen and oxygen atoms in total. The van der Waals surface area contributed by atoms with Gasteiger partial charge >= 0.3 is 0 Å². The van der Waals surface area contributed by atoms with Crippen LogP contribution in [0.3, 0.4) is 0 Å². The summed E-state index contributed by atoms with van der Waals surface area (Å²) in [5.41, 5.74) is 0. The standard InChI is InChI=1S/C24H43N4S7/c1-13-15-11-22(27(3)12-15)24(35(31,32)33)21-10-9-20(28(21)4)23(34(29)30)19-8-7-18(26-19)14(2)17-6-5-16(13)25-17/h13-26H,5-12H2,1-4H3,(H,31,32,33)/q-1. The maximum absolute atomic E-state index is 6.04. The summed E-state index contributed by atoms with van der Waals surface area (Å²) in [5, 5.41) is 8.76. The molecular formula is C24H43N4S7-. The van der Waals surface area contributed by atoms with Crippen LogP contribution in [0.2, 0.25) is 0 Å². The molecule has 0 aromatic carbocycles. The molecule has 12 unspecified atom stereocenters. The second-order valence-electron chi connectivity index (χ2n) is 12.2. The Morgan fingerprint density at radius 1 is 0.800 bits per heavy atom. The third-order valence-electron chi connectivity index (χ3n) is 10.6. The minimum atomic E-state index is -1.87. The molecule has 5 aliphatic heterocycles. The Morgan fingerprint density at radius 2 is 1.34 bits per heavy atom. The minimum Gasteiger partial charge on any atom is -0.341 e. The van der Waals surface area contributed by atoms with Gasteiger partial charge in [-0.1, -0.05) is 19.1 Å². The first kappa shape index (κ1) is 28.3. The van der Waals surface area contributed by atoms with Gasteiger partial charge in [-0.2, -0.15) is 0 Å².